The van der Waals surface area contributed by atoms with Crippen molar-refractivity contribution in [3.8, 4) is 11.5 Å². The van der Waals surface area contributed by atoms with E-state index in [0.29, 0.717) is 13.0 Å². The van der Waals surface area contributed by atoms with Gasteiger partial charge in [0.1, 0.15) is 11.5 Å². The Hall–Kier alpha value is -2.01. The quantitative estimate of drug-likeness (QED) is 0.770. The summed E-state index contributed by atoms with van der Waals surface area (Å²) in [6.45, 7) is 2.67. The normalized spacial score (nSPS) is 16.2. The topological polar surface area (TPSA) is 38.8 Å². The second-order valence-corrected chi connectivity index (χ2v) is 6.64. The fourth-order valence-corrected chi connectivity index (χ4v) is 3.63. The Balaban J connectivity index is 1.99. The average molecular weight is 390 g/mol. The van der Waals surface area contributed by atoms with Gasteiger partial charge in [-0.05, 0) is 48.7 Å². The number of fused-ring (bicyclic) bond motifs is 1. The van der Waals surface area contributed by atoms with Gasteiger partial charge in [-0.2, -0.15) is 0 Å². The Kier molecular flexibility index (Phi) is 4.81. The van der Waals surface area contributed by atoms with Gasteiger partial charge < -0.3 is 14.4 Å². The molecule has 0 spiro atoms. The lowest BCUT2D eigenvalue weighted by Gasteiger charge is -2.16. The van der Waals surface area contributed by atoms with E-state index in [1.54, 1.807) is 14.2 Å². The van der Waals surface area contributed by atoms with Crippen LogP contribution in [0.25, 0.3) is 0 Å². The number of carbonyl (C=O) groups is 1. The maximum absolute atomic E-state index is 12.9. The number of carbonyl (C=O) groups excluding carboxylic acids is 1. The summed E-state index contributed by atoms with van der Waals surface area (Å²) in [5.41, 5.74) is 3.07. The molecule has 1 atom stereocenters. The predicted octanol–water partition coefficient (Wildman–Crippen LogP) is 4.16. The van der Waals surface area contributed by atoms with Gasteiger partial charge in [-0.25, -0.2) is 0 Å². The molecule has 1 unspecified atom stereocenters. The molecule has 2 aromatic carbocycles. The number of rotatable bonds is 5. The summed E-state index contributed by atoms with van der Waals surface area (Å²) in [6, 6.07) is 11.8. The molecule has 0 bridgehead atoms. The molecule has 1 amide bonds. The van der Waals surface area contributed by atoms with E-state index in [1.807, 2.05) is 48.2 Å². The lowest BCUT2D eigenvalue weighted by molar-refractivity contribution is -0.119. The SMILES string of the molecule is CCN1C(=O)C(Cc2ccc(OC)cc2OC)c2cc(Br)ccc21. The lowest BCUT2D eigenvalue weighted by atomic mass is 9.92. The number of benzene rings is 2. The second kappa shape index (κ2) is 6.85. The van der Waals surface area contributed by atoms with Crippen molar-refractivity contribution in [2.45, 2.75) is 19.3 Å². The van der Waals surface area contributed by atoms with E-state index < -0.39 is 0 Å². The van der Waals surface area contributed by atoms with Gasteiger partial charge in [0, 0.05) is 22.8 Å². The first kappa shape index (κ1) is 16.8. The highest BCUT2D eigenvalue weighted by molar-refractivity contribution is 9.10. The first-order valence-corrected chi connectivity index (χ1v) is 8.70. The highest BCUT2D eigenvalue weighted by Crippen LogP contribution is 2.41. The van der Waals surface area contributed by atoms with Crippen molar-refractivity contribution in [1.29, 1.82) is 0 Å². The van der Waals surface area contributed by atoms with Crippen LogP contribution in [0.3, 0.4) is 0 Å². The molecule has 5 heteroatoms. The number of methoxy groups -OCH3 is 2. The number of hydrogen-bond acceptors (Lipinski definition) is 3. The van der Waals surface area contributed by atoms with Crippen LogP contribution in [0.15, 0.2) is 40.9 Å². The molecule has 1 aliphatic heterocycles. The molecule has 3 rings (SSSR count). The molecule has 0 saturated heterocycles. The summed E-state index contributed by atoms with van der Waals surface area (Å²) >= 11 is 3.52. The van der Waals surface area contributed by atoms with E-state index in [1.165, 1.54) is 0 Å². The van der Waals surface area contributed by atoms with E-state index in [9.17, 15) is 4.79 Å². The highest BCUT2D eigenvalue weighted by atomic mass is 79.9. The molecule has 0 aliphatic carbocycles. The lowest BCUT2D eigenvalue weighted by Crippen LogP contribution is -2.29. The van der Waals surface area contributed by atoms with Crippen LogP contribution in [0.2, 0.25) is 0 Å². The second-order valence-electron chi connectivity index (χ2n) is 5.72. The molecule has 24 heavy (non-hydrogen) atoms. The van der Waals surface area contributed by atoms with Gasteiger partial charge in [-0.3, -0.25) is 4.79 Å². The molecular weight excluding hydrogens is 370 g/mol. The fourth-order valence-electron chi connectivity index (χ4n) is 3.25. The summed E-state index contributed by atoms with van der Waals surface area (Å²) in [5.74, 6) is 1.43. The maximum Gasteiger partial charge on any atom is 0.234 e. The van der Waals surface area contributed by atoms with Crippen molar-refractivity contribution < 1.29 is 14.3 Å². The van der Waals surface area contributed by atoms with Crippen molar-refractivity contribution in [2.24, 2.45) is 0 Å². The summed E-state index contributed by atoms with van der Waals surface area (Å²) in [6.07, 6.45) is 0.603. The zero-order valence-electron chi connectivity index (χ0n) is 14.0. The van der Waals surface area contributed by atoms with Crippen LogP contribution in [-0.2, 0) is 11.2 Å². The van der Waals surface area contributed by atoms with E-state index in [-0.39, 0.29) is 11.8 Å². The third-order valence-electron chi connectivity index (χ3n) is 4.45. The Bertz CT molecular complexity index is 775. The van der Waals surface area contributed by atoms with Gasteiger partial charge in [-0.1, -0.05) is 22.0 Å². The van der Waals surface area contributed by atoms with Gasteiger partial charge in [0.2, 0.25) is 5.91 Å². The van der Waals surface area contributed by atoms with Crippen molar-refractivity contribution >= 4 is 27.5 Å². The molecule has 1 aliphatic rings. The standard InChI is InChI=1S/C19H20BrNO3/c1-4-21-17-8-6-13(20)10-15(17)16(19(21)22)9-12-5-7-14(23-2)11-18(12)24-3/h5-8,10-11,16H,4,9H2,1-3H3. The first-order valence-electron chi connectivity index (χ1n) is 7.90. The van der Waals surface area contributed by atoms with Crippen LogP contribution >= 0.6 is 15.9 Å². The van der Waals surface area contributed by atoms with Crippen LogP contribution in [0.5, 0.6) is 11.5 Å². The average Bonchev–Trinajstić information content (AvgIpc) is 2.86. The predicted molar refractivity (Wildman–Crippen MR) is 98.2 cm³/mol. The minimum absolute atomic E-state index is 0.142. The Morgan fingerprint density at radius 1 is 1.12 bits per heavy atom. The van der Waals surface area contributed by atoms with Crippen LogP contribution in [0.1, 0.15) is 24.0 Å². The number of halogens is 1. The fraction of sp³-hybridized carbons (Fsp3) is 0.316. The molecule has 2 aromatic rings. The Labute approximate surface area is 150 Å². The summed E-state index contributed by atoms with van der Waals surface area (Å²) < 4.78 is 11.7. The van der Waals surface area contributed by atoms with Gasteiger partial charge in [0.15, 0.2) is 0 Å². The van der Waals surface area contributed by atoms with Gasteiger partial charge >= 0.3 is 0 Å². The molecule has 0 aromatic heterocycles. The number of ether oxygens (including phenoxy) is 2. The minimum atomic E-state index is -0.195. The van der Waals surface area contributed by atoms with Crippen LogP contribution in [0, 0.1) is 0 Å². The van der Waals surface area contributed by atoms with Crippen molar-refractivity contribution in [3.05, 3.63) is 52.0 Å². The summed E-state index contributed by atoms with van der Waals surface area (Å²) in [4.78, 5) is 14.7. The summed E-state index contributed by atoms with van der Waals surface area (Å²) in [5, 5.41) is 0. The van der Waals surface area contributed by atoms with Crippen LogP contribution in [-0.4, -0.2) is 26.7 Å². The van der Waals surface area contributed by atoms with E-state index in [2.05, 4.69) is 15.9 Å². The molecule has 4 nitrogen and oxygen atoms in total. The first-order chi connectivity index (χ1) is 11.6. The largest absolute Gasteiger partial charge is 0.497 e. The van der Waals surface area contributed by atoms with Crippen LogP contribution < -0.4 is 14.4 Å². The van der Waals surface area contributed by atoms with Crippen molar-refractivity contribution in [1.82, 2.24) is 0 Å². The van der Waals surface area contributed by atoms with Gasteiger partial charge in [0.25, 0.3) is 0 Å². The minimum Gasteiger partial charge on any atom is -0.497 e. The Morgan fingerprint density at radius 3 is 2.58 bits per heavy atom. The van der Waals surface area contributed by atoms with E-state index in [4.69, 9.17) is 9.47 Å². The molecule has 0 saturated carbocycles. The smallest absolute Gasteiger partial charge is 0.234 e. The number of nitrogens with zero attached hydrogens (tertiary/aromatic N) is 1. The summed E-state index contributed by atoms with van der Waals surface area (Å²) in [7, 11) is 3.26. The number of likely N-dealkylation sites (N-methyl/N-ethyl adjacent to an activating group) is 1. The monoisotopic (exact) mass is 389 g/mol. The maximum atomic E-state index is 12.9. The third kappa shape index (κ3) is 2.88. The van der Waals surface area contributed by atoms with E-state index >= 15 is 0 Å². The molecule has 0 N–H and O–H groups in total. The van der Waals surface area contributed by atoms with Crippen molar-refractivity contribution in [2.75, 3.05) is 25.7 Å². The molecule has 126 valence electrons. The third-order valence-corrected chi connectivity index (χ3v) is 4.95. The number of anilines is 1. The van der Waals surface area contributed by atoms with Gasteiger partial charge in [-0.15, -0.1) is 0 Å². The van der Waals surface area contributed by atoms with E-state index in [0.717, 1.165) is 32.8 Å². The Morgan fingerprint density at radius 2 is 1.92 bits per heavy atom. The zero-order valence-corrected chi connectivity index (χ0v) is 15.6. The molecule has 1 heterocycles. The number of amides is 1. The highest BCUT2D eigenvalue weighted by Gasteiger charge is 2.36. The molecule has 0 radical (unpaired) electrons. The number of hydrogen-bond donors (Lipinski definition) is 0. The van der Waals surface area contributed by atoms with Crippen molar-refractivity contribution in [3.63, 3.8) is 0 Å². The molecule has 0 fully saturated rings. The van der Waals surface area contributed by atoms with Gasteiger partial charge in [0.05, 0.1) is 20.1 Å². The zero-order chi connectivity index (χ0) is 17.3. The van der Waals surface area contributed by atoms with Crippen LogP contribution in [0.4, 0.5) is 5.69 Å². The molecular formula is C19H20BrNO3.